The zero-order valence-electron chi connectivity index (χ0n) is 21.2. The zero-order chi connectivity index (χ0) is 25.5. The molecule has 4 rings (SSSR count). The Balaban J connectivity index is 1.43. The van der Waals surface area contributed by atoms with Gasteiger partial charge >= 0.3 is 0 Å². The predicted molar refractivity (Wildman–Crippen MR) is 143 cm³/mol. The maximum absolute atomic E-state index is 15.1. The van der Waals surface area contributed by atoms with Gasteiger partial charge in [-0.2, -0.15) is 0 Å². The molecule has 0 atom stereocenters. The second-order valence-corrected chi connectivity index (χ2v) is 9.89. The summed E-state index contributed by atoms with van der Waals surface area (Å²) in [6.07, 6.45) is 12.6. The summed E-state index contributed by atoms with van der Waals surface area (Å²) in [5.41, 5.74) is 2.68. The number of hydrogen-bond donors (Lipinski definition) is 0. The van der Waals surface area contributed by atoms with Gasteiger partial charge in [0.1, 0.15) is 11.6 Å². The van der Waals surface area contributed by atoms with Crippen LogP contribution in [0.15, 0.2) is 54.6 Å². The van der Waals surface area contributed by atoms with E-state index in [0.29, 0.717) is 22.4 Å². The highest BCUT2D eigenvalue weighted by atomic mass is 19.2. The molecule has 3 aromatic rings. The Hall–Kier alpha value is -3.01. The van der Waals surface area contributed by atoms with E-state index in [4.69, 9.17) is 4.74 Å². The average molecular weight is 493 g/mol. The van der Waals surface area contributed by atoms with Gasteiger partial charge in [-0.15, -0.1) is 0 Å². The summed E-state index contributed by atoms with van der Waals surface area (Å²) in [5.74, 6) is -0.563. The largest absolute Gasteiger partial charge is 0.497 e. The third-order valence-electron chi connectivity index (χ3n) is 7.50. The molecule has 1 aliphatic rings. The Labute approximate surface area is 213 Å². The molecule has 1 nitrogen and oxygen atoms in total. The Morgan fingerprint density at radius 1 is 0.833 bits per heavy atom. The predicted octanol–water partition coefficient (Wildman–Crippen LogP) is 9.80. The highest BCUT2D eigenvalue weighted by molar-refractivity contribution is 5.73. The first-order valence-corrected chi connectivity index (χ1v) is 13.1. The zero-order valence-corrected chi connectivity index (χ0v) is 21.2. The first-order chi connectivity index (χ1) is 17.5. The molecule has 0 aromatic heterocycles. The molecule has 0 aliphatic heterocycles. The van der Waals surface area contributed by atoms with Crippen molar-refractivity contribution in [2.45, 2.75) is 64.2 Å². The lowest BCUT2D eigenvalue weighted by Gasteiger charge is -2.29. The number of hydrogen-bond acceptors (Lipinski definition) is 1. The number of benzene rings is 3. The van der Waals surface area contributed by atoms with Crippen molar-refractivity contribution < 1.29 is 17.9 Å². The number of methoxy groups -OCH3 is 1. The van der Waals surface area contributed by atoms with Gasteiger partial charge in [0.15, 0.2) is 11.6 Å². The molecule has 0 N–H and O–H groups in total. The summed E-state index contributed by atoms with van der Waals surface area (Å²) in [4.78, 5) is 0. The molecule has 0 unspecified atom stereocenters. The van der Waals surface area contributed by atoms with Gasteiger partial charge < -0.3 is 4.74 Å². The molecule has 190 valence electrons. The van der Waals surface area contributed by atoms with Gasteiger partial charge in [-0.1, -0.05) is 81.2 Å². The van der Waals surface area contributed by atoms with Crippen LogP contribution in [-0.4, -0.2) is 7.11 Å². The van der Waals surface area contributed by atoms with Crippen LogP contribution in [0.5, 0.6) is 5.75 Å². The molecule has 1 aliphatic carbocycles. The molecule has 4 heteroatoms. The summed E-state index contributed by atoms with van der Waals surface area (Å²) in [6.45, 7) is 2.22. The molecule has 0 heterocycles. The van der Waals surface area contributed by atoms with Crippen molar-refractivity contribution >= 4 is 12.2 Å². The summed E-state index contributed by atoms with van der Waals surface area (Å²) in [5, 5.41) is 0. The maximum atomic E-state index is 15.1. The highest BCUT2D eigenvalue weighted by Gasteiger charge is 2.26. The van der Waals surface area contributed by atoms with Crippen LogP contribution in [-0.2, 0) is 0 Å². The first-order valence-electron chi connectivity index (χ1n) is 13.1. The Morgan fingerprint density at radius 3 is 2.25 bits per heavy atom. The van der Waals surface area contributed by atoms with Crippen LogP contribution in [0.1, 0.15) is 80.9 Å². The summed E-state index contributed by atoms with van der Waals surface area (Å²) >= 11 is 0. The van der Waals surface area contributed by atoms with E-state index >= 15 is 8.78 Å². The first kappa shape index (κ1) is 26.1. The molecule has 0 amide bonds. The van der Waals surface area contributed by atoms with Crippen LogP contribution < -0.4 is 4.74 Å². The normalized spacial score (nSPS) is 18.0. The van der Waals surface area contributed by atoms with Crippen LogP contribution >= 0.6 is 0 Å². The second kappa shape index (κ2) is 12.3. The van der Waals surface area contributed by atoms with Crippen molar-refractivity contribution in [1.82, 2.24) is 0 Å². The second-order valence-electron chi connectivity index (χ2n) is 9.89. The van der Waals surface area contributed by atoms with E-state index in [1.165, 1.54) is 38.9 Å². The van der Waals surface area contributed by atoms with Crippen LogP contribution in [0.2, 0.25) is 0 Å². The molecule has 0 spiro atoms. The van der Waals surface area contributed by atoms with Crippen LogP contribution in [0.25, 0.3) is 23.3 Å². The van der Waals surface area contributed by atoms with E-state index in [1.54, 1.807) is 48.6 Å². The molecule has 0 bridgehead atoms. The fourth-order valence-electron chi connectivity index (χ4n) is 5.28. The number of halogens is 3. The lowest BCUT2D eigenvalue weighted by atomic mass is 9.76. The van der Waals surface area contributed by atoms with Gasteiger partial charge in [0.05, 0.1) is 7.11 Å². The van der Waals surface area contributed by atoms with Crippen molar-refractivity contribution in [1.29, 1.82) is 0 Å². The smallest absolute Gasteiger partial charge is 0.166 e. The van der Waals surface area contributed by atoms with Gasteiger partial charge in [-0.05, 0) is 66.3 Å². The third kappa shape index (κ3) is 6.21. The van der Waals surface area contributed by atoms with Crippen molar-refractivity contribution in [3.63, 3.8) is 0 Å². The van der Waals surface area contributed by atoms with Gasteiger partial charge in [0, 0.05) is 17.2 Å². The van der Waals surface area contributed by atoms with E-state index in [9.17, 15) is 4.39 Å². The lowest BCUT2D eigenvalue weighted by molar-refractivity contribution is 0.298. The lowest BCUT2D eigenvalue weighted by Crippen LogP contribution is -2.15. The van der Waals surface area contributed by atoms with Crippen LogP contribution in [0, 0.1) is 23.4 Å². The van der Waals surface area contributed by atoms with E-state index in [1.807, 2.05) is 12.1 Å². The van der Waals surface area contributed by atoms with Crippen molar-refractivity contribution in [2.24, 2.45) is 5.92 Å². The molecule has 0 saturated heterocycles. The fourth-order valence-corrected chi connectivity index (χ4v) is 5.28. The molecule has 1 fully saturated rings. The summed E-state index contributed by atoms with van der Waals surface area (Å²) < 4.78 is 49.4. The minimum absolute atomic E-state index is 0.0989. The van der Waals surface area contributed by atoms with Crippen LogP contribution in [0.3, 0.4) is 0 Å². The minimum Gasteiger partial charge on any atom is -0.497 e. The Bertz CT molecular complexity index is 1170. The third-order valence-corrected chi connectivity index (χ3v) is 7.50. The summed E-state index contributed by atoms with van der Waals surface area (Å²) in [6, 6.07) is 15.3. The summed E-state index contributed by atoms with van der Waals surface area (Å²) in [7, 11) is 1.49. The molecular formula is C32H35F3O. The van der Waals surface area contributed by atoms with Gasteiger partial charge in [0.25, 0.3) is 0 Å². The SMILES string of the molecule is CCCCCC1CCC(c2ccc(-c3ccc(C=Cc4ccc(OC)cc4F)cc3)c(F)c2F)CC1. The van der Waals surface area contributed by atoms with Gasteiger partial charge in [0.2, 0.25) is 0 Å². The van der Waals surface area contributed by atoms with Crippen LogP contribution in [0.4, 0.5) is 13.2 Å². The van der Waals surface area contributed by atoms with E-state index in [-0.39, 0.29) is 17.3 Å². The number of ether oxygens (including phenoxy) is 1. The standard InChI is InChI=1S/C32H35F3O/c1-3-4-5-6-22-7-12-24(13-8-22)28-19-20-29(32(35)31(28)34)25-14-9-23(10-15-25)11-16-26-17-18-27(36-2)21-30(26)33/h9-11,14-22,24H,3-8,12-13H2,1-2H3. The quantitative estimate of drug-likeness (QED) is 0.213. The Morgan fingerprint density at radius 2 is 1.58 bits per heavy atom. The van der Waals surface area contributed by atoms with E-state index in [0.717, 1.165) is 37.2 Å². The maximum Gasteiger partial charge on any atom is 0.166 e. The van der Waals surface area contributed by atoms with E-state index in [2.05, 4.69) is 6.92 Å². The molecule has 3 aromatic carbocycles. The fraction of sp³-hybridized carbons (Fsp3) is 0.375. The molecule has 0 radical (unpaired) electrons. The highest BCUT2D eigenvalue weighted by Crippen LogP contribution is 2.40. The number of unbranched alkanes of at least 4 members (excludes halogenated alkanes) is 2. The topological polar surface area (TPSA) is 9.23 Å². The Kier molecular flexibility index (Phi) is 8.90. The van der Waals surface area contributed by atoms with Gasteiger partial charge in [-0.25, -0.2) is 13.2 Å². The number of rotatable bonds is 9. The van der Waals surface area contributed by atoms with E-state index < -0.39 is 11.6 Å². The minimum atomic E-state index is -0.777. The molecular weight excluding hydrogens is 457 g/mol. The van der Waals surface area contributed by atoms with Crippen molar-refractivity contribution in [3.05, 3.63) is 88.7 Å². The monoisotopic (exact) mass is 492 g/mol. The average Bonchev–Trinajstić information content (AvgIpc) is 2.90. The molecule has 1 saturated carbocycles. The molecule has 36 heavy (non-hydrogen) atoms. The van der Waals surface area contributed by atoms with Crippen molar-refractivity contribution in [3.8, 4) is 16.9 Å². The van der Waals surface area contributed by atoms with Gasteiger partial charge in [-0.3, -0.25) is 0 Å². The van der Waals surface area contributed by atoms with Crippen molar-refractivity contribution in [2.75, 3.05) is 7.11 Å².